The van der Waals surface area contributed by atoms with Crippen LogP contribution in [0, 0.1) is 0 Å². The van der Waals surface area contributed by atoms with Crippen LogP contribution >= 0.6 is 24.8 Å². The van der Waals surface area contributed by atoms with Crippen molar-refractivity contribution >= 4 is 36.0 Å². The SMILES string of the molecule is CCn1c(=O)c(=O)n(C2CCNCC2)c2ncccc21.Cl.Cl. The number of hydrogen-bond donors (Lipinski definition) is 1. The molecule has 3 heterocycles. The van der Waals surface area contributed by atoms with Crippen molar-refractivity contribution in [3.8, 4) is 0 Å². The van der Waals surface area contributed by atoms with Gasteiger partial charge in [-0.05, 0) is 45.0 Å². The van der Waals surface area contributed by atoms with Crippen molar-refractivity contribution in [2.45, 2.75) is 32.4 Å². The fourth-order valence-corrected chi connectivity index (χ4v) is 2.93. The maximum absolute atomic E-state index is 12.4. The lowest BCUT2D eigenvalue weighted by atomic mass is 10.1. The molecule has 2 aromatic rings. The van der Waals surface area contributed by atoms with Crippen LogP contribution in [0.3, 0.4) is 0 Å². The second-order valence-corrected chi connectivity index (χ2v) is 5.05. The maximum Gasteiger partial charge on any atom is 0.318 e. The Labute approximate surface area is 140 Å². The lowest BCUT2D eigenvalue weighted by Crippen LogP contribution is -2.44. The van der Waals surface area contributed by atoms with E-state index in [1.165, 1.54) is 4.57 Å². The summed E-state index contributed by atoms with van der Waals surface area (Å²) in [6.45, 7) is 4.07. The zero-order chi connectivity index (χ0) is 14.1. The summed E-state index contributed by atoms with van der Waals surface area (Å²) in [5.41, 5.74) is 0.445. The number of rotatable bonds is 2. The molecule has 1 aliphatic heterocycles. The largest absolute Gasteiger partial charge is 0.318 e. The average Bonchev–Trinajstić information content (AvgIpc) is 2.50. The molecule has 122 valence electrons. The van der Waals surface area contributed by atoms with Gasteiger partial charge in [0.15, 0.2) is 5.65 Å². The Morgan fingerprint density at radius 1 is 1.23 bits per heavy atom. The first-order valence-electron chi connectivity index (χ1n) is 7.04. The van der Waals surface area contributed by atoms with Crippen molar-refractivity contribution in [3.63, 3.8) is 0 Å². The van der Waals surface area contributed by atoms with Crippen molar-refractivity contribution < 1.29 is 0 Å². The smallest absolute Gasteiger partial charge is 0.317 e. The maximum atomic E-state index is 12.4. The second kappa shape index (κ2) is 7.76. The van der Waals surface area contributed by atoms with Gasteiger partial charge in [-0.25, -0.2) is 4.98 Å². The molecular formula is C14H20Cl2N4O2. The van der Waals surface area contributed by atoms with Crippen LogP contribution in [-0.2, 0) is 6.54 Å². The lowest BCUT2D eigenvalue weighted by Gasteiger charge is -2.26. The first-order valence-corrected chi connectivity index (χ1v) is 7.04. The van der Waals surface area contributed by atoms with Gasteiger partial charge in [0, 0.05) is 18.8 Å². The van der Waals surface area contributed by atoms with Crippen LogP contribution < -0.4 is 16.4 Å². The van der Waals surface area contributed by atoms with E-state index < -0.39 is 11.1 Å². The zero-order valence-corrected chi connectivity index (χ0v) is 14.0. The Hall–Kier alpha value is -1.37. The van der Waals surface area contributed by atoms with Crippen LogP contribution in [0.4, 0.5) is 0 Å². The van der Waals surface area contributed by atoms with Crippen LogP contribution in [0.1, 0.15) is 25.8 Å². The van der Waals surface area contributed by atoms with E-state index in [0.717, 1.165) is 31.4 Å². The number of aromatic nitrogens is 3. The number of hydrogen-bond acceptors (Lipinski definition) is 4. The minimum atomic E-state index is -0.454. The van der Waals surface area contributed by atoms with E-state index in [1.807, 2.05) is 13.0 Å². The molecule has 0 spiro atoms. The van der Waals surface area contributed by atoms with Gasteiger partial charge in [0.25, 0.3) is 0 Å². The van der Waals surface area contributed by atoms with Gasteiger partial charge in [-0.15, -0.1) is 24.8 Å². The third-order valence-corrected chi connectivity index (χ3v) is 3.92. The Balaban J connectivity index is 0.00000121. The lowest BCUT2D eigenvalue weighted by molar-refractivity contribution is 0.364. The van der Waals surface area contributed by atoms with E-state index in [0.29, 0.717) is 12.2 Å². The molecular weight excluding hydrogens is 327 g/mol. The van der Waals surface area contributed by atoms with Gasteiger partial charge in [0.2, 0.25) is 0 Å². The van der Waals surface area contributed by atoms with Crippen molar-refractivity contribution in [3.05, 3.63) is 39.0 Å². The molecule has 22 heavy (non-hydrogen) atoms. The Bertz CT molecular complexity index is 751. The summed E-state index contributed by atoms with van der Waals surface area (Å²) in [7, 11) is 0. The minimum Gasteiger partial charge on any atom is -0.317 e. The van der Waals surface area contributed by atoms with Crippen LogP contribution in [0.25, 0.3) is 11.2 Å². The predicted octanol–water partition coefficient (Wildman–Crippen LogP) is 1.35. The number of fused-ring (bicyclic) bond motifs is 1. The van der Waals surface area contributed by atoms with Gasteiger partial charge in [-0.3, -0.25) is 14.2 Å². The number of aryl methyl sites for hydroxylation is 1. The van der Waals surface area contributed by atoms with Gasteiger partial charge >= 0.3 is 11.1 Å². The van der Waals surface area contributed by atoms with Crippen LogP contribution in [0.5, 0.6) is 0 Å². The molecule has 0 bridgehead atoms. The summed E-state index contributed by atoms with van der Waals surface area (Å²) in [5, 5.41) is 3.27. The highest BCUT2D eigenvalue weighted by Crippen LogP contribution is 2.20. The molecule has 6 nitrogen and oxygen atoms in total. The summed E-state index contributed by atoms with van der Waals surface area (Å²) in [5.74, 6) is 0. The number of halogens is 2. The molecule has 1 fully saturated rings. The van der Waals surface area contributed by atoms with Gasteiger partial charge in [-0.2, -0.15) is 0 Å². The molecule has 0 unspecified atom stereocenters. The highest BCUT2D eigenvalue weighted by Gasteiger charge is 2.21. The summed E-state index contributed by atoms with van der Waals surface area (Å²) >= 11 is 0. The Morgan fingerprint density at radius 3 is 2.55 bits per heavy atom. The predicted molar refractivity (Wildman–Crippen MR) is 91.6 cm³/mol. The normalized spacial score (nSPS) is 15.1. The molecule has 2 aromatic heterocycles. The van der Waals surface area contributed by atoms with Crippen LogP contribution in [0.15, 0.2) is 27.9 Å². The van der Waals surface area contributed by atoms with Crippen molar-refractivity contribution in [2.75, 3.05) is 13.1 Å². The fourth-order valence-electron chi connectivity index (χ4n) is 2.93. The summed E-state index contributed by atoms with van der Waals surface area (Å²) in [4.78, 5) is 29.0. The third-order valence-electron chi connectivity index (χ3n) is 3.92. The summed E-state index contributed by atoms with van der Waals surface area (Å²) in [6.07, 6.45) is 3.37. The molecule has 0 aliphatic carbocycles. The first kappa shape index (κ1) is 18.7. The number of piperidine rings is 1. The van der Waals surface area contributed by atoms with Crippen molar-refractivity contribution in [1.29, 1.82) is 0 Å². The van der Waals surface area contributed by atoms with Crippen molar-refractivity contribution in [2.24, 2.45) is 0 Å². The molecule has 8 heteroatoms. The molecule has 3 rings (SSSR count). The topological polar surface area (TPSA) is 68.9 Å². The molecule has 0 saturated carbocycles. The van der Waals surface area contributed by atoms with E-state index >= 15 is 0 Å². The van der Waals surface area contributed by atoms with Gasteiger partial charge in [-0.1, -0.05) is 0 Å². The summed E-state index contributed by atoms with van der Waals surface area (Å²) < 4.78 is 3.10. The van der Waals surface area contributed by atoms with E-state index in [9.17, 15) is 9.59 Å². The molecule has 0 atom stereocenters. The van der Waals surface area contributed by atoms with Crippen LogP contribution in [-0.4, -0.2) is 27.2 Å². The molecule has 1 saturated heterocycles. The Kier molecular flexibility index (Phi) is 6.59. The fraction of sp³-hybridized carbons (Fsp3) is 0.500. The van der Waals surface area contributed by atoms with Crippen LogP contribution in [0.2, 0.25) is 0 Å². The van der Waals surface area contributed by atoms with E-state index in [4.69, 9.17) is 0 Å². The molecule has 0 amide bonds. The quantitative estimate of drug-likeness (QED) is 0.833. The molecule has 1 aliphatic rings. The highest BCUT2D eigenvalue weighted by atomic mass is 35.5. The highest BCUT2D eigenvalue weighted by molar-refractivity contribution is 5.85. The van der Waals surface area contributed by atoms with Gasteiger partial charge in [0.05, 0.1) is 5.52 Å². The van der Waals surface area contributed by atoms with E-state index in [-0.39, 0.29) is 30.9 Å². The number of nitrogens with one attached hydrogen (secondary N) is 1. The van der Waals surface area contributed by atoms with E-state index in [1.54, 1.807) is 16.8 Å². The van der Waals surface area contributed by atoms with E-state index in [2.05, 4.69) is 10.3 Å². The van der Waals surface area contributed by atoms with Gasteiger partial charge < -0.3 is 9.88 Å². The molecule has 0 radical (unpaired) electrons. The standard InChI is InChI=1S/C14H18N4O2.2ClH/c1-2-17-11-4-3-7-16-12(11)18(14(20)13(17)19)10-5-8-15-9-6-10;;/h3-4,7,10,15H,2,5-6,8-9H2,1H3;2*1H. The zero-order valence-electron chi connectivity index (χ0n) is 12.3. The molecule has 0 aromatic carbocycles. The monoisotopic (exact) mass is 346 g/mol. The summed E-state index contributed by atoms with van der Waals surface area (Å²) in [6, 6.07) is 3.70. The van der Waals surface area contributed by atoms with Gasteiger partial charge in [0.1, 0.15) is 0 Å². The third kappa shape index (κ3) is 3.04. The van der Waals surface area contributed by atoms with Crippen molar-refractivity contribution in [1.82, 2.24) is 19.4 Å². The number of pyridine rings is 1. The second-order valence-electron chi connectivity index (χ2n) is 5.05. The number of nitrogens with zero attached hydrogens (tertiary/aromatic N) is 3. The average molecular weight is 347 g/mol. The minimum absolute atomic E-state index is 0. The molecule has 1 N–H and O–H groups in total. The Morgan fingerprint density at radius 2 is 1.91 bits per heavy atom. The first-order chi connectivity index (χ1) is 9.74.